The average Bonchev–Trinajstić information content (AvgIpc) is 2.77. The highest BCUT2D eigenvalue weighted by Crippen LogP contribution is 2.43. The van der Waals surface area contributed by atoms with Gasteiger partial charge in [-0.25, -0.2) is 0 Å². The maximum atomic E-state index is 2.38. The molecule has 0 bridgehead atoms. The second-order valence-electron chi connectivity index (χ2n) is 10.0. The molecule has 0 saturated carbocycles. The molecule has 0 aliphatic carbocycles. The summed E-state index contributed by atoms with van der Waals surface area (Å²) in [5.41, 5.74) is 3.81. The van der Waals surface area contributed by atoms with Crippen LogP contribution in [0.15, 0.2) is 0 Å². The minimum atomic E-state index is 0.234. The molecule has 1 aromatic rings. The number of nitrogens with zero attached hydrogens (tertiary/aromatic N) is 2. The van der Waals surface area contributed by atoms with Gasteiger partial charge in [-0.05, 0) is 88.9 Å². The van der Waals surface area contributed by atoms with Crippen molar-refractivity contribution < 1.29 is 0 Å². The van der Waals surface area contributed by atoms with E-state index in [1.807, 2.05) is 0 Å². The molecule has 0 aromatic carbocycles. The van der Waals surface area contributed by atoms with Crippen molar-refractivity contribution in [1.29, 1.82) is 0 Å². The van der Waals surface area contributed by atoms with Gasteiger partial charge in [0.15, 0.2) is 0 Å². The Morgan fingerprint density at radius 2 is 0.960 bits per heavy atom. The molecule has 1 heterocycles. The molecule has 0 saturated heterocycles. The smallest absolute Gasteiger partial charge is 0.0137 e. The van der Waals surface area contributed by atoms with Crippen LogP contribution in [0, 0.1) is 0 Å². The van der Waals surface area contributed by atoms with Crippen molar-refractivity contribution in [2.75, 3.05) is 41.3 Å². The van der Waals surface area contributed by atoms with Crippen LogP contribution in [0.2, 0.25) is 0 Å². The van der Waals surface area contributed by atoms with Crippen molar-refractivity contribution in [1.82, 2.24) is 9.80 Å². The van der Waals surface area contributed by atoms with Gasteiger partial charge in [0.2, 0.25) is 0 Å². The third kappa shape index (κ3) is 7.03. The highest BCUT2D eigenvalue weighted by molar-refractivity contribution is 7.12. The van der Waals surface area contributed by atoms with Crippen LogP contribution in [0.3, 0.4) is 0 Å². The lowest BCUT2D eigenvalue weighted by Crippen LogP contribution is -2.17. The Kier molecular flexibility index (Phi) is 8.17. The van der Waals surface area contributed by atoms with E-state index in [1.54, 1.807) is 20.9 Å². The van der Waals surface area contributed by atoms with E-state index in [1.165, 1.54) is 38.8 Å². The minimum absolute atomic E-state index is 0.234. The molecule has 0 unspecified atom stereocenters. The van der Waals surface area contributed by atoms with Crippen molar-refractivity contribution in [2.24, 2.45) is 0 Å². The topological polar surface area (TPSA) is 6.48 Å². The summed E-state index contributed by atoms with van der Waals surface area (Å²) in [6.45, 7) is 16.6. The molecule has 0 fully saturated rings. The summed E-state index contributed by atoms with van der Waals surface area (Å²) in [5.74, 6) is 0. The summed E-state index contributed by atoms with van der Waals surface area (Å²) in [5, 5.41) is 0. The van der Waals surface area contributed by atoms with E-state index in [2.05, 4.69) is 90.9 Å². The molecule has 0 aliphatic heterocycles. The molecule has 25 heavy (non-hydrogen) atoms. The Labute approximate surface area is 161 Å². The van der Waals surface area contributed by atoms with E-state index in [0.29, 0.717) is 0 Å². The molecule has 0 amide bonds. The highest BCUT2D eigenvalue weighted by Gasteiger charge is 2.30. The molecular weight excluding hydrogens is 324 g/mol. The Hall–Kier alpha value is -0.380. The quantitative estimate of drug-likeness (QED) is 0.613. The average molecular weight is 367 g/mol. The van der Waals surface area contributed by atoms with Crippen LogP contribution in [0.4, 0.5) is 0 Å². The van der Waals surface area contributed by atoms with Crippen LogP contribution in [-0.4, -0.2) is 51.1 Å². The molecule has 1 rings (SSSR count). The van der Waals surface area contributed by atoms with Gasteiger partial charge in [-0.15, -0.1) is 11.3 Å². The third-order valence-corrected chi connectivity index (χ3v) is 6.67. The maximum Gasteiger partial charge on any atom is 0.0137 e. The highest BCUT2D eigenvalue weighted by atomic mass is 32.1. The largest absolute Gasteiger partial charge is 0.309 e. The SMILES string of the molecule is CN(C)CCCc1c(C(C)(C)C)sc(C(C)(C)C)c1CCCN(C)C. The van der Waals surface area contributed by atoms with Crippen LogP contribution < -0.4 is 0 Å². The van der Waals surface area contributed by atoms with E-state index >= 15 is 0 Å². The van der Waals surface area contributed by atoms with Gasteiger partial charge < -0.3 is 9.80 Å². The van der Waals surface area contributed by atoms with E-state index in [-0.39, 0.29) is 10.8 Å². The fourth-order valence-corrected chi connectivity index (χ4v) is 4.90. The molecule has 2 nitrogen and oxygen atoms in total. The molecule has 1 aromatic heterocycles. The summed E-state index contributed by atoms with van der Waals surface area (Å²) >= 11 is 2.09. The van der Waals surface area contributed by atoms with Crippen molar-refractivity contribution >= 4 is 11.3 Å². The normalized spacial score (nSPS) is 13.3. The van der Waals surface area contributed by atoms with E-state index in [4.69, 9.17) is 0 Å². The predicted octanol–water partition coefficient (Wildman–Crippen LogP) is 5.33. The Bertz CT molecular complexity index is 481. The third-order valence-electron chi connectivity index (χ3n) is 4.54. The van der Waals surface area contributed by atoms with Crippen LogP contribution in [0.25, 0.3) is 0 Å². The number of rotatable bonds is 8. The summed E-state index contributed by atoms with van der Waals surface area (Å²) in [6.07, 6.45) is 4.93. The Morgan fingerprint density at radius 3 is 1.20 bits per heavy atom. The number of hydrogen-bond acceptors (Lipinski definition) is 3. The first-order valence-electron chi connectivity index (χ1n) is 9.79. The zero-order chi connectivity index (χ0) is 19.4. The first-order chi connectivity index (χ1) is 11.3. The van der Waals surface area contributed by atoms with E-state index in [0.717, 1.165) is 0 Å². The van der Waals surface area contributed by atoms with Crippen molar-refractivity contribution in [3.63, 3.8) is 0 Å². The predicted molar refractivity (Wildman–Crippen MR) is 115 cm³/mol. The van der Waals surface area contributed by atoms with Crippen LogP contribution in [0.5, 0.6) is 0 Å². The van der Waals surface area contributed by atoms with Crippen molar-refractivity contribution in [3.05, 3.63) is 20.9 Å². The lowest BCUT2D eigenvalue weighted by molar-refractivity contribution is 0.396. The first-order valence-corrected chi connectivity index (χ1v) is 10.6. The molecule has 0 atom stereocenters. The fraction of sp³-hybridized carbons (Fsp3) is 0.818. The summed E-state index contributed by atoms with van der Waals surface area (Å²) in [4.78, 5) is 7.85. The first kappa shape index (κ1) is 22.7. The van der Waals surface area contributed by atoms with Gasteiger partial charge in [0, 0.05) is 9.75 Å². The van der Waals surface area contributed by atoms with Crippen LogP contribution in [0.1, 0.15) is 75.3 Å². The Morgan fingerprint density at radius 1 is 0.640 bits per heavy atom. The van der Waals surface area contributed by atoms with Gasteiger partial charge >= 0.3 is 0 Å². The van der Waals surface area contributed by atoms with Crippen molar-refractivity contribution in [3.8, 4) is 0 Å². The molecular formula is C22H42N2S. The molecule has 3 heteroatoms. The van der Waals surface area contributed by atoms with Gasteiger partial charge in [0.05, 0.1) is 0 Å². The van der Waals surface area contributed by atoms with Gasteiger partial charge in [-0.3, -0.25) is 0 Å². The molecule has 0 spiro atoms. The minimum Gasteiger partial charge on any atom is -0.309 e. The maximum absolute atomic E-state index is 2.38. The van der Waals surface area contributed by atoms with Gasteiger partial charge in [0.1, 0.15) is 0 Å². The monoisotopic (exact) mass is 366 g/mol. The molecule has 146 valence electrons. The Balaban J connectivity index is 3.26. The standard InChI is InChI=1S/C22H42N2S/c1-21(2,3)19-17(13-11-15-23(7)8)18(14-12-16-24(9)10)20(25-19)22(4,5)6/h11-16H2,1-10H3. The summed E-state index contributed by atoms with van der Waals surface area (Å²) in [6, 6.07) is 0. The zero-order valence-electron chi connectivity index (χ0n) is 18.5. The molecule has 0 radical (unpaired) electrons. The lowest BCUT2D eigenvalue weighted by Gasteiger charge is -2.21. The lowest BCUT2D eigenvalue weighted by atomic mass is 9.84. The van der Waals surface area contributed by atoms with Crippen LogP contribution >= 0.6 is 11.3 Å². The zero-order valence-corrected chi connectivity index (χ0v) is 19.4. The van der Waals surface area contributed by atoms with E-state index in [9.17, 15) is 0 Å². The number of thiophene rings is 1. The second-order valence-corrected chi connectivity index (χ2v) is 11.1. The van der Waals surface area contributed by atoms with Crippen molar-refractivity contribution in [2.45, 2.75) is 78.1 Å². The second kappa shape index (κ2) is 9.01. The fourth-order valence-electron chi connectivity index (χ4n) is 3.38. The van der Waals surface area contributed by atoms with E-state index < -0.39 is 0 Å². The molecule has 0 N–H and O–H groups in total. The number of hydrogen-bond donors (Lipinski definition) is 0. The summed E-state index contributed by atoms with van der Waals surface area (Å²) < 4.78 is 0. The van der Waals surface area contributed by atoms with Gasteiger partial charge in [0.25, 0.3) is 0 Å². The van der Waals surface area contributed by atoms with Crippen LogP contribution in [-0.2, 0) is 23.7 Å². The van der Waals surface area contributed by atoms with Gasteiger partial charge in [-0.2, -0.15) is 0 Å². The molecule has 0 aliphatic rings. The summed E-state index contributed by atoms with van der Waals surface area (Å²) in [7, 11) is 8.71. The van der Waals surface area contributed by atoms with Gasteiger partial charge in [-0.1, -0.05) is 41.5 Å².